The van der Waals surface area contributed by atoms with Crippen LogP contribution in [0, 0.1) is 0 Å². The Morgan fingerprint density at radius 2 is 1.07 bits per heavy atom. The minimum Gasteiger partial charge on any atom is -0.508 e. The Kier molecular flexibility index (Phi) is 9.05. The maximum absolute atomic E-state index is 11.4. The molecule has 0 bridgehead atoms. The highest BCUT2D eigenvalue weighted by Crippen LogP contribution is 2.42. The number of benzene rings is 2. The zero-order valence-corrected chi connectivity index (χ0v) is 24.3. The molecule has 4 heterocycles. The van der Waals surface area contributed by atoms with E-state index < -0.39 is 72.8 Å². The zero-order valence-electron chi connectivity index (χ0n) is 23.4. The third-order valence-electron chi connectivity index (χ3n) is 7.88. The molecule has 2 fully saturated rings. The number of hydrogen-bond acceptors (Lipinski definition) is 15. The summed E-state index contributed by atoms with van der Waals surface area (Å²) in [5.41, 5.74) is -0.600. The van der Waals surface area contributed by atoms with E-state index in [-0.39, 0.29) is 11.5 Å². The summed E-state index contributed by atoms with van der Waals surface area (Å²) in [5, 5.41) is 101. The number of phenols is 2. The number of rotatable bonds is 8. The van der Waals surface area contributed by atoms with Crippen LogP contribution in [0.4, 0.5) is 0 Å². The molecule has 2 aromatic carbocycles. The summed E-state index contributed by atoms with van der Waals surface area (Å²) in [6, 6.07) is 10.3. The molecular formula is C28H32N6O10S. The maximum atomic E-state index is 11.4. The molecule has 0 aliphatic carbocycles. The molecule has 2 aliphatic rings. The molecule has 4 aromatic rings. The smallest absolute Gasteiger partial charge is 0.134 e. The van der Waals surface area contributed by atoms with E-state index >= 15 is 0 Å². The Bertz CT molecular complexity index is 1490. The monoisotopic (exact) mass is 644 g/mol. The fourth-order valence-electron chi connectivity index (χ4n) is 5.56. The molecule has 0 amide bonds. The van der Waals surface area contributed by atoms with E-state index in [1.165, 1.54) is 46.0 Å². The molecule has 6 unspecified atom stereocenters. The highest BCUT2D eigenvalue weighted by Gasteiger charge is 2.51. The number of phenolic OH excluding ortho intramolecular Hbond substituents is 2. The van der Waals surface area contributed by atoms with Gasteiger partial charge in [0.05, 0.1) is 25.6 Å². The lowest BCUT2D eigenvalue weighted by Gasteiger charge is -2.46. The summed E-state index contributed by atoms with van der Waals surface area (Å²) in [6.07, 6.45) is -5.15. The minimum absolute atomic E-state index is 0.0159. The normalized spacial score (nSPS) is 32.0. The van der Waals surface area contributed by atoms with E-state index in [2.05, 4.69) is 20.6 Å². The second-order valence-corrected chi connectivity index (χ2v) is 12.0. The summed E-state index contributed by atoms with van der Waals surface area (Å²) in [4.78, 5) is 0. The highest BCUT2D eigenvalue weighted by molar-refractivity contribution is 8.00. The number of aromatic hydroxyl groups is 2. The average molecular weight is 645 g/mol. The highest BCUT2D eigenvalue weighted by atomic mass is 32.2. The van der Waals surface area contributed by atoms with E-state index in [0.717, 1.165) is 11.8 Å². The Morgan fingerprint density at radius 3 is 1.44 bits per heavy atom. The van der Waals surface area contributed by atoms with Gasteiger partial charge in [-0.25, -0.2) is 9.36 Å². The number of ether oxygens (including phenoxy) is 2. The van der Waals surface area contributed by atoms with Crippen LogP contribution >= 0.6 is 11.8 Å². The first-order valence-corrected chi connectivity index (χ1v) is 15.0. The molecule has 240 valence electrons. The molecule has 17 heteroatoms. The molecule has 16 nitrogen and oxygen atoms in total. The van der Waals surface area contributed by atoms with E-state index in [1.54, 1.807) is 24.3 Å². The first-order chi connectivity index (χ1) is 21.7. The first kappa shape index (κ1) is 31.3. The lowest BCUT2D eigenvalue weighted by Crippen LogP contribution is -2.58. The SMILES string of the molecule is OCC1O[C@@H](S[C@@H]2OC(CO)[C@H](O)C(n3cc(-c4cccc(O)c4)nn3)C2O)C(O)C(n2cc(-c3cccc(O)c3)nn2)[C@H]1O. The van der Waals surface area contributed by atoms with Gasteiger partial charge in [0.2, 0.25) is 0 Å². The average Bonchev–Trinajstić information content (AvgIpc) is 3.71. The molecule has 0 saturated carbocycles. The van der Waals surface area contributed by atoms with E-state index in [0.29, 0.717) is 22.5 Å². The van der Waals surface area contributed by atoms with Gasteiger partial charge >= 0.3 is 0 Å². The number of aliphatic hydroxyl groups excluding tert-OH is 6. The van der Waals surface area contributed by atoms with Gasteiger partial charge in [0.15, 0.2) is 0 Å². The largest absolute Gasteiger partial charge is 0.508 e. The lowest BCUT2D eigenvalue weighted by atomic mass is 9.97. The third-order valence-corrected chi connectivity index (χ3v) is 9.20. The Labute approximate surface area is 259 Å². The van der Waals surface area contributed by atoms with Crippen molar-refractivity contribution in [3.05, 3.63) is 60.9 Å². The van der Waals surface area contributed by atoms with E-state index in [1.807, 2.05) is 0 Å². The van der Waals surface area contributed by atoms with Gasteiger partial charge in [-0.05, 0) is 24.3 Å². The van der Waals surface area contributed by atoms with Crippen LogP contribution in [-0.4, -0.2) is 132 Å². The number of thioether (sulfide) groups is 1. The van der Waals surface area contributed by atoms with Crippen LogP contribution < -0.4 is 0 Å². The summed E-state index contributed by atoms with van der Waals surface area (Å²) in [6.45, 7) is -1.22. The summed E-state index contributed by atoms with van der Waals surface area (Å²) >= 11 is 0.829. The van der Waals surface area contributed by atoms with Crippen molar-refractivity contribution in [3.63, 3.8) is 0 Å². The third kappa shape index (κ3) is 6.14. The van der Waals surface area contributed by atoms with Crippen LogP contribution in [0.5, 0.6) is 11.5 Å². The van der Waals surface area contributed by atoms with Gasteiger partial charge in [-0.1, -0.05) is 46.5 Å². The fraction of sp³-hybridized carbons (Fsp3) is 0.429. The summed E-state index contributed by atoms with van der Waals surface area (Å²) in [5.74, 6) is 0.0317. The van der Waals surface area contributed by atoms with E-state index in [9.17, 15) is 40.9 Å². The van der Waals surface area contributed by atoms with Gasteiger partial charge in [-0.2, -0.15) is 0 Å². The molecule has 0 radical (unpaired) electrons. The van der Waals surface area contributed by atoms with Crippen LogP contribution in [0.15, 0.2) is 60.9 Å². The molecule has 45 heavy (non-hydrogen) atoms. The van der Waals surface area contributed by atoms with Crippen molar-refractivity contribution < 1.29 is 50.3 Å². The van der Waals surface area contributed by atoms with Gasteiger partial charge < -0.3 is 50.3 Å². The Hall–Kier alpha value is -3.65. The van der Waals surface area contributed by atoms with Crippen LogP contribution in [0.3, 0.4) is 0 Å². The molecule has 8 N–H and O–H groups in total. The second-order valence-electron chi connectivity index (χ2n) is 10.8. The minimum atomic E-state index is -1.47. The predicted octanol–water partition coefficient (Wildman–Crippen LogP) is -0.992. The Balaban J connectivity index is 1.25. The molecule has 0 spiro atoms. The van der Waals surface area contributed by atoms with Gasteiger partial charge in [0, 0.05) is 11.1 Å². The van der Waals surface area contributed by atoms with Crippen LogP contribution in [-0.2, 0) is 9.47 Å². The lowest BCUT2D eigenvalue weighted by molar-refractivity contribution is -0.189. The molecule has 2 aromatic heterocycles. The van der Waals surface area contributed by atoms with E-state index in [4.69, 9.17) is 9.47 Å². The van der Waals surface area contributed by atoms with Crippen molar-refractivity contribution in [1.82, 2.24) is 30.0 Å². The summed E-state index contributed by atoms with van der Waals surface area (Å²) in [7, 11) is 0. The predicted molar refractivity (Wildman–Crippen MR) is 155 cm³/mol. The molecule has 10 atom stereocenters. The van der Waals surface area contributed by atoms with Crippen molar-refractivity contribution in [3.8, 4) is 34.0 Å². The van der Waals surface area contributed by atoms with Gasteiger partial charge in [0.1, 0.15) is 82.5 Å². The molecule has 6 rings (SSSR count). The first-order valence-electron chi connectivity index (χ1n) is 14.0. The molecular weight excluding hydrogens is 612 g/mol. The van der Waals surface area contributed by atoms with Crippen LogP contribution in [0.25, 0.3) is 22.5 Å². The maximum Gasteiger partial charge on any atom is 0.134 e. The molecule has 2 saturated heterocycles. The number of nitrogens with zero attached hydrogens (tertiary/aromatic N) is 6. The topological polar surface area (TPSA) is 242 Å². The quantitative estimate of drug-likeness (QED) is 0.115. The van der Waals surface area contributed by atoms with Crippen molar-refractivity contribution in [1.29, 1.82) is 0 Å². The van der Waals surface area contributed by atoms with Crippen molar-refractivity contribution >= 4 is 11.8 Å². The number of aliphatic hydroxyl groups is 6. The zero-order chi connectivity index (χ0) is 31.8. The Morgan fingerprint density at radius 1 is 0.644 bits per heavy atom. The fourth-order valence-corrected chi connectivity index (χ4v) is 6.88. The van der Waals surface area contributed by atoms with Crippen molar-refractivity contribution in [2.24, 2.45) is 0 Å². The van der Waals surface area contributed by atoms with Gasteiger partial charge in [-0.3, -0.25) is 0 Å². The van der Waals surface area contributed by atoms with Gasteiger partial charge in [-0.15, -0.1) is 10.2 Å². The number of hydrogen-bond donors (Lipinski definition) is 8. The summed E-state index contributed by atoms with van der Waals surface area (Å²) < 4.78 is 14.1. The number of aromatic nitrogens is 6. The van der Waals surface area contributed by atoms with Gasteiger partial charge in [0.25, 0.3) is 0 Å². The van der Waals surface area contributed by atoms with Crippen LogP contribution in [0.1, 0.15) is 12.1 Å². The standard InChI is InChI=1S/C28H32N6O10S/c35-11-19-23(39)21(33-9-17(29-31-33)13-3-1-5-15(37)7-13)25(41)27(43-19)45-28-26(42)22(24(40)20(12-36)44-28)34-10-18(30-32-34)14-4-2-6-16(38)8-14/h1-10,19-28,35-42H,11-12H2/t19?,20?,21?,22?,23-,24-,25?,26?,27-,28-/m0/s1. The van der Waals surface area contributed by atoms with Crippen molar-refractivity contribution in [2.45, 2.75) is 59.6 Å². The molecule has 2 aliphatic heterocycles. The van der Waals surface area contributed by atoms with Crippen molar-refractivity contribution in [2.75, 3.05) is 13.2 Å². The van der Waals surface area contributed by atoms with Crippen LogP contribution in [0.2, 0.25) is 0 Å². The second kappa shape index (κ2) is 13.0.